The summed E-state index contributed by atoms with van der Waals surface area (Å²) in [4.78, 5) is 13.3. The highest BCUT2D eigenvalue weighted by atomic mass is 32.2. The van der Waals surface area contributed by atoms with Gasteiger partial charge in [-0.15, -0.1) is 0 Å². The quantitative estimate of drug-likeness (QED) is 0.602. The van der Waals surface area contributed by atoms with Gasteiger partial charge in [-0.05, 0) is 41.8 Å². The fraction of sp³-hybridized carbons (Fsp3) is 0.278. The number of benzene rings is 2. The third-order valence-corrected chi connectivity index (χ3v) is 4.78. The predicted molar refractivity (Wildman–Crippen MR) is 97.2 cm³/mol. The van der Waals surface area contributed by atoms with Gasteiger partial charge in [-0.3, -0.25) is 4.79 Å². The second-order valence-electron chi connectivity index (χ2n) is 5.12. The van der Waals surface area contributed by atoms with E-state index in [4.69, 9.17) is 5.73 Å². The van der Waals surface area contributed by atoms with E-state index in [1.165, 1.54) is 4.90 Å². The van der Waals surface area contributed by atoms with E-state index in [-0.39, 0.29) is 5.91 Å². The normalized spacial score (nSPS) is 10.7. The maximum Gasteiger partial charge on any atom is 0.253 e. The molecule has 2 aromatic carbocycles. The summed E-state index contributed by atoms with van der Waals surface area (Å²) in [5.74, 6) is -0.148. The standard InChI is InChI=1S/C18H23N3OS/c1-3-21(4-2)23-15-11-9-14(10-12-15)13-20-18(22)16-7-5-6-8-17(16)19/h5-12H,3-4,13,19H2,1-2H3,(H,20,22). The largest absolute Gasteiger partial charge is 0.398 e. The first kappa shape index (κ1) is 17.4. The number of carbonyl (C=O) groups excluding carboxylic acids is 1. The zero-order valence-corrected chi connectivity index (χ0v) is 14.4. The molecule has 0 aromatic heterocycles. The molecule has 0 fully saturated rings. The van der Waals surface area contributed by atoms with Gasteiger partial charge in [0, 0.05) is 30.2 Å². The minimum absolute atomic E-state index is 0.148. The summed E-state index contributed by atoms with van der Waals surface area (Å²) >= 11 is 1.75. The number of nitrogens with one attached hydrogen (secondary N) is 1. The highest BCUT2D eigenvalue weighted by molar-refractivity contribution is 7.97. The van der Waals surface area contributed by atoms with Crippen LogP contribution in [0.3, 0.4) is 0 Å². The van der Waals surface area contributed by atoms with Gasteiger partial charge in [0.2, 0.25) is 0 Å². The molecule has 0 aliphatic heterocycles. The zero-order valence-electron chi connectivity index (χ0n) is 13.6. The Balaban J connectivity index is 1.91. The van der Waals surface area contributed by atoms with Crippen LogP contribution in [0.2, 0.25) is 0 Å². The van der Waals surface area contributed by atoms with Crippen molar-refractivity contribution in [1.82, 2.24) is 9.62 Å². The summed E-state index contributed by atoms with van der Waals surface area (Å²) in [6.45, 7) is 6.81. The Kier molecular flexibility index (Phi) is 6.50. The molecule has 0 aliphatic carbocycles. The molecule has 0 saturated carbocycles. The number of hydrogen-bond acceptors (Lipinski definition) is 4. The maximum absolute atomic E-state index is 12.1. The maximum atomic E-state index is 12.1. The molecule has 5 heteroatoms. The SMILES string of the molecule is CCN(CC)Sc1ccc(CNC(=O)c2ccccc2N)cc1. The molecule has 2 aromatic rings. The van der Waals surface area contributed by atoms with E-state index in [0.717, 1.165) is 18.7 Å². The van der Waals surface area contributed by atoms with Gasteiger partial charge in [0.25, 0.3) is 5.91 Å². The van der Waals surface area contributed by atoms with Crippen molar-refractivity contribution >= 4 is 23.5 Å². The van der Waals surface area contributed by atoms with Crippen LogP contribution < -0.4 is 11.1 Å². The molecule has 0 spiro atoms. The number of nitrogens with two attached hydrogens (primary N) is 1. The Morgan fingerprint density at radius 1 is 1.09 bits per heavy atom. The van der Waals surface area contributed by atoms with Crippen molar-refractivity contribution in [1.29, 1.82) is 0 Å². The van der Waals surface area contributed by atoms with Crippen molar-refractivity contribution in [3.05, 3.63) is 59.7 Å². The zero-order chi connectivity index (χ0) is 16.7. The van der Waals surface area contributed by atoms with E-state index in [9.17, 15) is 4.79 Å². The Hall–Kier alpha value is -1.98. The topological polar surface area (TPSA) is 58.4 Å². The molecule has 2 rings (SSSR count). The Morgan fingerprint density at radius 2 is 1.74 bits per heavy atom. The highest BCUT2D eigenvalue weighted by Crippen LogP contribution is 2.22. The summed E-state index contributed by atoms with van der Waals surface area (Å²) in [7, 11) is 0. The van der Waals surface area contributed by atoms with E-state index in [2.05, 4.69) is 35.6 Å². The second-order valence-corrected chi connectivity index (χ2v) is 6.29. The molecule has 0 bridgehead atoms. The van der Waals surface area contributed by atoms with Crippen molar-refractivity contribution in [2.75, 3.05) is 18.8 Å². The van der Waals surface area contributed by atoms with Gasteiger partial charge < -0.3 is 11.1 Å². The second kappa shape index (κ2) is 8.60. The molecule has 1 amide bonds. The lowest BCUT2D eigenvalue weighted by Gasteiger charge is -2.16. The van der Waals surface area contributed by atoms with Gasteiger partial charge in [0.05, 0.1) is 5.56 Å². The summed E-state index contributed by atoms with van der Waals surface area (Å²) in [5.41, 5.74) is 7.89. The van der Waals surface area contributed by atoms with Crippen LogP contribution in [0.4, 0.5) is 5.69 Å². The van der Waals surface area contributed by atoms with E-state index in [1.54, 1.807) is 24.1 Å². The number of amides is 1. The fourth-order valence-corrected chi connectivity index (χ4v) is 2.97. The molecular weight excluding hydrogens is 306 g/mol. The lowest BCUT2D eigenvalue weighted by atomic mass is 10.1. The molecule has 0 heterocycles. The monoisotopic (exact) mass is 329 g/mol. The van der Waals surface area contributed by atoms with E-state index >= 15 is 0 Å². The van der Waals surface area contributed by atoms with Crippen LogP contribution in [0.25, 0.3) is 0 Å². The van der Waals surface area contributed by atoms with Crippen molar-refractivity contribution < 1.29 is 4.79 Å². The lowest BCUT2D eigenvalue weighted by molar-refractivity contribution is 0.0952. The molecule has 4 nitrogen and oxygen atoms in total. The van der Waals surface area contributed by atoms with E-state index in [1.807, 2.05) is 24.3 Å². The number of nitrogens with zero attached hydrogens (tertiary/aromatic N) is 1. The van der Waals surface area contributed by atoms with Gasteiger partial charge in [0.1, 0.15) is 0 Å². The van der Waals surface area contributed by atoms with Gasteiger partial charge in [-0.2, -0.15) is 0 Å². The van der Waals surface area contributed by atoms with E-state index in [0.29, 0.717) is 17.8 Å². The minimum Gasteiger partial charge on any atom is -0.398 e. The number of rotatable bonds is 7. The van der Waals surface area contributed by atoms with Crippen LogP contribution in [0, 0.1) is 0 Å². The van der Waals surface area contributed by atoms with E-state index < -0.39 is 0 Å². The molecule has 3 N–H and O–H groups in total. The van der Waals surface area contributed by atoms with Crippen molar-refractivity contribution in [3.63, 3.8) is 0 Å². The number of anilines is 1. The molecule has 0 aliphatic rings. The third kappa shape index (κ3) is 5.01. The number of hydrogen-bond donors (Lipinski definition) is 2. The van der Waals surface area contributed by atoms with Crippen LogP contribution in [-0.4, -0.2) is 23.3 Å². The minimum atomic E-state index is -0.148. The highest BCUT2D eigenvalue weighted by Gasteiger charge is 2.08. The number of nitrogen functional groups attached to an aromatic ring is 1. The lowest BCUT2D eigenvalue weighted by Crippen LogP contribution is -2.23. The predicted octanol–water partition coefficient (Wildman–Crippen LogP) is 3.55. The van der Waals surface area contributed by atoms with Gasteiger partial charge in [0.15, 0.2) is 0 Å². The first-order chi connectivity index (χ1) is 11.1. The van der Waals surface area contributed by atoms with Crippen LogP contribution in [-0.2, 0) is 6.54 Å². The van der Waals surface area contributed by atoms with Crippen LogP contribution in [0.1, 0.15) is 29.8 Å². The smallest absolute Gasteiger partial charge is 0.253 e. The van der Waals surface area contributed by atoms with Crippen molar-refractivity contribution in [2.24, 2.45) is 0 Å². The molecule has 23 heavy (non-hydrogen) atoms. The molecule has 122 valence electrons. The number of carbonyl (C=O) groups is 1. The first-order valence-corrected chi connectivity index (χ1v) is 8.56. The van der Waals surface area contributed by atoms with Crippen molar-refractivity contribution in [2.45, 2.75) is 25.3 Å². The fourth-order valence-electron chi connectivity index (χ4n) is 2.15. The number of para-hydroxylation sites is 1. The van der Waals surface area contributed by atoms with Crippen molar-refractivity contribution in [3.8, 4) is 0 Å². The molecule has 0 radical (unpaired) electrons. The van der Waals surface area contributed by atoms with Gasteiger partial charge >= 0.3 is 0 Å². The Labute approximate surface area is 142 Å². The summed E-state index contributed by atoms with van der Waals surface area (Å²) in [6, 6.07) is 15.3. The summed E-state index contributed by atoms with van der Waals surface area (Å²) in [5, 5.41) is 2.90. The summed E-state index contributed by atoms with van der Waals surface area (Å²) in [6.07, 6.45) is 0. The Bertz CT molecular complexity index is 639. The van der Waals surface area contributed by atoms with Crippen LogP contribution >= 0.6 is 11.9 Å². The average molecular weight is 329 g/mol. The Morgan fingerprint density at radius 3 is 2.35 bits per heavy atom. The third-order valence-electron chi connectivity index (χ3n) is 3.52. The summed E-state index contributed by atoms with van der Waals surface area (Å²) < 4.78 is 2.29. The average Bonchev–Trinajstić information content (AvgIpc) is 2.59. The van der Waals surface area contributed by atoms with Gasteiger partial charge in [-0.1, -0.05) is 38.1 Å². The molecule has 0 unspecified atom stereocenters. The molecular formula is C18H23N3OS. The van der Waals surface area contributed by atoms with Gasteiger partial charge in [-0.25, -0.2) is 4.31 Å². The van der Waals surface area contributed by atoms with Crippen LogP contribution in [0.5, 0.6) is 0 Å². The first-order valence-electron chi connectivity index (χ1n) is 7.78. The van der Waals surface area contributed by atoms with Crippen LogP contribution in [0.15, 0.2) is 53.4 Å². The molecule has 0 saturated heterocycles. The molecule has 0 atom stereocenters.